The van der Waals surface area contributed by atoms with Crippen molar-refractivity contribution in [3.05, 3.63) is 18.0 Å². The van der Waals surface area contributed by atoms with E-state index in [1.807, 2.05) is 6.20 Å². The van der Waals surface area contributed by atoms with Crippen LogP contribution in [-0.2, 0) is 12.1 Å². The zero-order chi connectivity index (χ0) is 11.9. The van der Waals surface area contributed by atoms with Crippen LogP contribution in [0.25, 0.3) is 0 Å². The first-order valence-electron chi connectivity index (χ1n) is 6.42. The summed E-state index contributed by atoms with van der Waals surface area (Å²) in [5.74, 6) is 3.27. The lowest BCUT2D eigenvalue weighted by molar-refractivity contribution is 0.127. The first-order valence-corrected chi connectivity index (χ1v) is 6.42. The Kier molecular flexibility index (Phi) is 2.48. The lowest BCUT2D eigenvalue weighted by Gasteiger charge is -2.38. The number of likely N-dealkylation sites (tertiary alicyclic amines) is 1. The molecule has 1 aromatic rings. The van der Waals surface area contributed by atoms with Crippen LogP contribution >= 0.6 is 0 Å². The van der Waals surface area contributed by atoms with Gasteiger partial charge in [-0.15, -0.1) is 12.3 Å². The summed E-state index contributed by atoms with van der Waals surface area (Å²) in [5.41, 5.74) is 1.60. The molecular weight excluding hydrogens is 210 g/mol. The molecule has 2 fully saturated rings. The van der Waals surface area contributed by atoms with E-state index in [2.05, 4.69) is 33.7 Å². The zero-order valence-corrected chi connectivity index (χ0v) is 10.4. The molecule has 17 heavy (non-hydrogen) atoms. The third kappa shape index (κ3) is 1.87. The first kappa shape index (κ1) is 10.9. The maximum absolute atomic E-state index is 5.38. The van der Waals surface area contributed by atoms with E-state index in [1.165, 1.54) is 24.8 Å². The van der Waals surface area contributed by atoms with Gasteiger partial charge in [0.1, 0.15) is 0 Å². The molecule has 1 aliphatic carbocycles. The zero-order valence-electron chi connectivity index (χ0n) is 10.4. The highest BCUT2D eigenvalue weighted by Crippen LogP contribution is 2.38. The van der Waals surface area contributed by atoms with Crippen molar-refractivity contribution in [1.82, 2.24) is 14.7 Å². The molecule has 0 N–H and O–H groups in total. The molecule has 2 heterocycles. The lowest BCUT2D eigenvalue weighted by atomic mass is 9.79. The van der Waals surface area contributed by atoms with Gasteiger partial charge in [0, 0.05) is 37.3 Å². The van der Waals surface area contributed by atoms with Crippen LogP contribution in [0.15, 0.2) is 12.4 Å². The van der Waals surface area contributed by atoms with Crippen LogP contribution in [0.3, 0.4) is 0 Å². The minimum absolute atomic E-state index is 0.286. The molecule has 1 saturated carbocycles. The molecule has 3 nitrogen and oxygen atoms in total. The molecule has 3 rings (SSSR count). The molecule has 2 aliphatic rings. The van der Waals surface area contributed by atoms with Gasteiger partial charge in [0.2, 0.25) is 0 Å². The number of nitrogens with zero attached hydrogens (tertiary/aromatic N) is 3. The van der Waals surface area contributed by atoms with Crippen LogP contribution in [0.4, 0.5) is 0 Å². The van der Waals surface area contributed by atoms with Crippen LogP contribution in [0.2, 0.25) is 0 Å². The predicted octanol–water partition coefficient (Wildman–Crippen LogP) is 1.85. The van der Waals surface area contributed by atoms with Crippen molar-refractivity contribution in [2.45, 2.75) is 38.3 Å². The monoisotopic (exact) mass is 229 g/mol. The highest BCUT2D eigenvalue weighted by molar-refractivity contribution is 5.10. The largest absolute Gasteiger partial charge is 0.296 e. The van der Waals surface area contributed by atoms with Crippen molar-refractivity contribution >= 4 is 0 Å². The molecule has 0 unspecified atom stereocenters. The molecule has 0 spiro atoms. The van der Waals surface area contributed by atoms with E-state index in [4.69, 9.17) is 6.42 Å². The predicted molar refractivity (Wildman–Crippen MR) is 67.3 cm³/mol. The highest BCUT2D eigenvalue weighted by Gasteiger charge is 2.34. The fraction of sp³-hybridized carbons (Fsp3) is 0.643. The van der Waals surface area contributed by atoms with Crippen LogP contribution in [-0.4, -0.2) is 27.8 Å². The van der Waals surface area contributed by atoms with Crippen molar-refractivity contribution in [3.8, 4) is 12.3 Å². The number of aromatic nitrogens is 2. The average molecular weight is 229 g/mol. The van der Waals surface area contributed by atoms with E-state index in [0.29, 0.717) is 5.92 Å². The normalized spacial score (nSPS) is 23.8. The Morgan fingerprint density at radius 2 is 2.29 bits per heavy atom. The van der Waals surface area contributed by atoms with Crippen LogP contribution < -0.4 is 0 Å². The van der Waals surface area contributed by atoms with Gasteiger partial charge < -0.3 is 0 Å². The summed E-state index contributed by atoms with van der Waals surface area (Å²) in [4.78, 5) is 2.38. The molecule has 0 aromatic carbocycles. The molecule has 0 radical (unpaired) electrons. The minimum Gasteiger partial charge on any atom is -0.296 e. The third-order valence-electron chi connectivity index (χ3n) is 4.22. The van der Waals surface area contributed by atoms with Gasteiger partial charge >= 0.3 is 0 Å². The summed E-state index contributed by atoms with van der Waals surface area (Å²) >= 11 is 0. The maximum atomic E-state index is 5.38. The van der Waals surface area contributed by atoms with E-state index in [-0.39, 0.29) is 5.54 Å². The Balaban J connectivity index is 1.60. The SMILES string of the molecule is C#CC1CN(Cc2cnn(C3(C)CCC3)c2)C1. The summed E-state index contributed by atoms with van der Waals surface area (Å²) in [6, 6.07) is 0. The van der Waals surface area contributed by atoms with Gasteiger partial charge in [0.15, 0.2) is 0 Å². The van der Waals surface area contributed by atoms with Crippen molar-refractivity contribution in [3.63, 3.8) is 0 Å². The summed E-state index contributed by atoms with van der Waals surface area (Å²) in [5, 5.41) is 4.51. The van der Waals surface area contributed by atoms with Gasteiger partial charge in [-0.1, -0.05) is 0 Å². The molecule has 1 aliphatic heterocycles. The van der Waals surface area contributed by atoms with E-state index in [1.54, 1.807) is 0 Å². The highest BCUT2D eigenvalue weighted by atomic mass is 15.3. The molecule has 90 valence electrons. The van der Waals surface area contributed by atoms with Gasteiger partial charge in [-0.2, -0.15) is 5.10 Å². The van der Waals surface area contributed by atoms with Crippen molar-refractivity contribution in [1.29, 1.82) is 0 Å². The summed E-state index contributed by atoms with van der Waals surface area (Å²) in [6.45, 7) is 5.37. The number of hydrogen-bond donors (Lipinski definition) is 0. The molecule has 0 amide bonds. The van der Waals surface area contributed by atoms with Gasteiger partial charge in [-0.05, 0) is 26.2 Å². The van der Waals surface area contributed by atoms with Gasteiger partial charge in [-0.25, -0.2) is 0 Å². The Morgan fingerprint density at radius 1 is 1.53 bits per heavy atom. The second kappa shape index (κ2) is 3.89. The Hall–Kier alpha value is -1.27. The summed E-state index contributed by atoms with van der Waals surface area (Å²) in [7, 11) is 0. The van der Waals surface area contributed by atoms with Crippen LogP contribution in [0.5, 0.6) is 0 Å². The second-order valence-corrected chi connectivity index (χ2v) is 5.70. The summed E-state index contributed by atoms with van der Waals surface area (Å²) < 4.78 is 2.16. The molecule has 0 atom stereocenters. The molecule has 0 bridgehead atoms. The minimum atomic E-state index is 0.286. The van der Waals surface area contributed by atoms with Crippen LogP contribution in [0, 0.1) is 18.3 Å². The van der Waals surface area contributed by atoms with E-state index >= 15 is 0 Å². The molecule has 1 saturated heterocycles. The molecular formula is C14H19N3. The number of terminal acetylenes is 1. The van der Waals surface area contributed by atoms with Gasteiger partial charge in [0.05, 0.1) is 11.7 Å². The third-order valence-corrected chi connectivity index (χ3v) is 4.22. The Morgan fingerprint density at radius 3 is 2.88 bits per heavy atom. The topological polar surface area (TPSA) is 21.1 Å². The smallest absolute Gasteiger partial charge is 0.0599 e. The van der Waals surface area contributed by atoms with E-state index in [9.17, 15) is 0 Å². The van der Waals surface area contributed by atoms with Crippen LogP contribution in [0.1, 0.15) is 31.7 Å². The standard InChI is InChI=1S/C14H19N3/c1-3-12-8-16(9-12)10-13-7-15-17(11-13)14(2)5-4-6-14/h1,7,11-12H,4-6,8-10H2,2H3. The first-order chi connectivity index (χ1) is 8.19. The average Bonchev–Trinajstić information content (AvgIpc) is 2.68. The van der Waals surface area contributed by atoms with E-state index in [0.717, 1.165) is 19.6 Å². The van der Waals surface area contributed by atoms with Crippen molar-refractivity contribution < 1.29 is 0 Å². The Labute approximate surface area is 103 Å². The number of rotatable bonds is 3. The van der Waals surface area contributed by atoms with Crippen molar-refractivity contribution in [2.75, 3.05) is 13.1 Å². The Bertz CT molecular complexity index is 444. The molecule has 3 heteroatoms. The lowest BCUT2D eigenvalue weighted by Crippen LogP contribution is -2.45. The maximum Gasteiger partial charge on any atom is 0.0599 e. The quantitative estimate of drug-likeness (QED) is 0.738. The van der Waals surface area contributed by atoms with Gasteiger partial charge in [-0.3, -0.25) is 9.58 Å². The number of hydrogen-bond acceptors (Lipinski definition) is 2. The summed E-state index contributed by atoms with van der Waals surface area (Å²) in [6.07, 6.45) is 13.5. The second-order valence-electron chi connectivity index (χ2n) is 5.70. The van der Waals surface area contributed by atoms with Crippen molar-refractivity contribution in [2.24, 2.45) is 5.92 Å². The fourth-order valence-corrected chi connectivity index (χ4v) is 2.72. The molecule has 1 aromatic heterocycles. The fourth-order valence-electron chi connectivity index (χ4n) is 2.72. The van der Waals surface area contributed by atoms with E-state index < -0.39 is 0 Å². The van der Waals surface area contributed by atoms with Gasteiger partial charge in [0.25, 0.3) is 0 Å².